The van der Waals surface area contributed by atoms with E-state index in [-0.39, 0.29) is 11.4 Å². The predicted octanol–water partition coefficient (Wildman–Crippen LogP) is 2.52. The Morgan fingerprint density at radius 2 is 1.63 bits per heavy atom. The molecule has 1 aliphatic rings. The molecular formula is C20H24N2O4S. The van der Waals surface area contributed by atoms with Gasteiger partial charge < -0.3 is 5.11 Å². The van der Waals surface area contributed by atoms with Crippen LogP contribution >= 0.6 is 0 Å². The minimum atomic E-state index is -3.57. The van der Waals surface area contributed by atoms with Crippen LogP contribution in [0.3, 0.4) is 0 Å². The molecule has 1 unspecified atom stereocenters. The van der Waals surface area contributed by atoms with E-state index in [1.165, 1.54) is 4.31 Å². The van der Waals surface area contributed by atoms with E-state index in [9.17, 15) is 18.3 Å². The summed E-state index contributed by atoms with van der Waals surface area (Å²) in [7, 11) is -3.57. The standard InChI is InChI=1S/C20H24N2O4S/c1-16-8-5-6-11-18(16)19(20(23)24)21-12-7-13-22(15-14-21)27(25,26)17-9-3-2-4-10-17/h2-6,8-11,19H,7,12-15H2,1H3,(H,23,24). The van der Waals surface area contributed by atoms with E-state index in [4.69, 9.17) is 0 Å². The lowest BCUT2D eigenvalue weighted by atomic mass is 10.00. The van der Waals surface area contributed by atoms with Gasteiger partial charge in [0.15, 0.2) is 0 Å². The molecule has 1 aliphatic heterocycles. The van der Waals surface area contributed by atoms with E-state index in [0.29, 0.717) is 26.1 Å². The van der Waals surface area contributed by atoms with Gasteiger partial charge in [-0.3, -0.25) is 9.69 Å². The number of rotatable bonds is 5. The molecule has 1 fully saturated rings. The SMILES string of the molecule is Cc1ccccc1C(C(=O)O)N1CCCN(S(=O)(=O)c2ccccc2)CC1. The number of benzene rings is 2. The summed E-state index contributed by atoms with van der Waals surface area (Å²) in [5, 5.41) is 9.83. The Balaban J connectivity index is 1.81. The summed E-state index contributed by atoms with van der Waals surface area (Å²) >= 11 is 0. The third-order valence-corrected chi connectivity index (χ3v) is 6.87. The van der Waals surface area contributed by atoms with Crippen molar-refractivity contribution in [3.8, 4) is 0 Å². The number of aliphatic carboxylic acids is 1. The first-order valence-corrected chi connectivity index (χ1v) is 10.4. The largest absolute Gasteiger partial charge is 0.480 e. The van der Waals surface area contributed by atoms with Crippen LogP contribution in [0.1, 0.15) is 23.6 Å². The van der Waals surface area contributed by atoms with E-state index in [2.05, 4.69) is 0 Å². The van der Waals surface area contributed by atoms with Gasteiger partial charge in [0.25, 0.3) is 0 Å². The second-order valence-electron chi connectivity index (χ2n) is 6.70. The number of carboxylic acids is 1. The molecule has 27 heavy (non-hydrogen) atoms. The molecule has 1 N–H and O–H groups in total. The highest BCUT2D eigenvalue weighted by Crippen LogP contribution is 2.26. The maximum absolute atomic E-state index is 12.9. The zero-order chi connectivity index (χ0) is 19.4. The highest BCUT2D eigenvalue weighted by Gasteiger charge is 2.33. The highest BCUT2D eigenvalue weighted by molar-refractivity contribution is 7.89. The summed E-state index contributed by atoms with van der Waals surface area (Å²) < 4.78 is 27.2. The predicted molar refractivity (Wildman–Crippen MR) is 103 cm³/mol. The van der Waals surface area contributed by atoms with Crippen molar-refractivity contribution in [3.63, 3.8) is 0 Å². The van der Waals surface area contributed by atoms with Crippen molar-refractivity contribution in [1.82, 2.24) is 9.21 Å². The van der Waals surface area contributed by atoms with Crippen LogP contribution in [-0.4, -0.2) is 54.9 Å². The lowest BCUT2D eigenvalue weighted by Crippen LogP contribution is -2.38. The van der Waals surface area contributed by atoms with Crippen LogP contribution < -0.4 is 0 Å². The highest BCUT2D eigenvalue weighted by atomic mass is 32.2. The number of hydrogen-bond donors (Lipinski definition) is 1. The third-order valence-electron chi connectivity index (χ3n) is 4.95. The molecule has 6 nitrogen and oxygen atoms in total. The second kappa shape index (κ2) is 8.21. The normalized spacial score (nSPS) is 18.0. The number of carboxylic acid groups (broad SMARTS) is 1. The quantitative estimate of drug-likeness (QED) is 0.852. The topological polar surface area (TPSA) is 77.9 Å². The Hall–Kier alpha value is -2.22. The van der Waals surface area contributed by atoms with Crippen molar-refractivity contribution in [2.45, 2.75) is 24.3 Å². The number of sulfonamides is 1. The van der Waals surface area contributed by atoms with Crippen LogP contribution in [0.5, 0.6) is 0 Å². The summed E-state index contributed by atoms with van der Waals surface area (Å²) in [5.74, 6) is -0.913. The zero-order valence-corrected chi connectivity index (χ0v) is 16.1. The first-order valence-electron chi connectivity index (χ1n) is 8.99. The van der Waals surface area contributed by atoms with Crippen LogP contribution in [0, 0.1) is 6.92 Å². The molecule has 2 aromatic carbocycles. The van der Waals surface area contributed by atoms with Gasteiger partial charge in [0.1, 0.15) is 6.04 Å². The summed E-state index contributed by atoms with van der Waals surface area (Å²) in [6.07, 6.45) is 0.585. The Bertz CT molecular complexity index is 899. The van der Waals surface area contributed by atoms with Gasteiger partial charge in [-0.15, -0.1) is 0 Å². The lowest BCUT2D eigenvalue weighted by Gasteiger charge is -2.28. The monoisotopic (exact) mass is 388 g/mol. The average molecular weight is 388 g/mol. The van der Waals surface area contributed by atoms with Crippen molar-refractivity contribution in [3.05, 3.63) is 65.7 Å². The molecule has 0 saturated carbocycles. The third kappa shape index (κ3) is 4.21. The fourth-order valence-electron chi connectivity index (χ4n) is 3.53. The first-order chi connectivity index (χ1) is 12.9. The van der Waals surface area contributed by atoms with Gasteiger partial charge in [-0.1, -0.05) is 42.5 Å². The molecule has 1 saturated heterocycles. The van der Waals surface area contributed by atoms with Crippen molar-refractivity contribution in [2.24, 2.45) is 0 Å². The number of hydrogen-bond acceptors (Lipinski definition) is 4. The van der Waals surface area contributed by atoms with Gasteiger partial charge in [-0.05, 0) is 36.6 Å². The van der Waals surface area contributed by atoms with Crippen molar-refractivity contribution in [2.75, 3.05) is 26.2 Å². The van der Waals surface area contributed by atoms with Crippen molar-refractivity contribution < 1.29 is 18.3 Å². The fraction of sp³-hybridized carbons (Fsp3) is 0.350. The zero-order valence-electron chi connectivity index (χ0n) is 15.3. The first kappa shape index (κ1) is 19.5. The van der Waals surface area contributed by atoms with E-state index < -0.39 is 22.0 Å². The molecule has 0 radical (unpaired) electrons. The van der Waals surface area contributed by atoms with Crippen LogP contribution in [0.25, 0.3) is 0 Å². The minimum absolute atomic E-state index is 0.270. The molecule has 144 valence electrons. The minimum Gasteiger partial charge on any atom is -0.480 e. The van der Waals surface area contributed by atoms with Gasteiger partial charge in [0, 0.05) is 26.2 Å². The van der Waals surface area contributed by atoms with E-state index >= 15 is 0 Å². The molecule has 0 aromatic heterocycles. The molecule has 7 heteroatoms. The molecule has 0 bridgehead atoms. The van der Waals surface area contributed by atoms with Crippen LogP contribution in [-0.2, 0) is 14.8 Å². The Labute approximate surface area is 160 Å². The molecule has 3 rings (SSSR count). The summed E-state index contributed by atoms with van der Waals surface area (Å²) in [6, 6.07) is 15.0. The molecule has 1 heterocycles. The van der Waals surface area contributed by atoms with Crippen LogP contribution in [0.2, 0.25) is 0 Å². The maximum Gasteiger partial charge on any atom is 0.325 e. The van der Waals surface area contributed by atoms with Gasteiger partial charge >= 0.3 is 5.97 Å². The van der Waals surface area contributed by atoms with Gasteiger partial charge in [0.05, 0.1) is 4.90 Å². The lowest BCUT2D eigenvalue weighted by molar-refractivity contribution is -0.143. The fourth-order valence-corrected chi connectivity index (χ4v) is 5.02. The summed E-state index contributed by atoms with van der Waals surface area (Å²) in [5.41, 5.74) is 1.67. The van der Waals surface area contributed by atoms with Crippen molar-refractivity contribution in [1.29, 1.82) is 0 Å². The summed E-state index contributed by atoms with van der Waals surface area (Å²) in [4.78, 5) is 14.1. The smallest absolute Gasteiger partial charge is 0.325 e. The number of nitrogens with zero attached hydrogens (tertiary/aromatic N) is 2. The molecular weight excluding hydrogens is 364 g/mol. The van der Waals surface area contributed by atoms with Gasteiger partial charge in [-0.2, -0.15) is 4.31 Å². The van der Waals surface area contributed by atoms with Gasteiger partial charge in [-0.25, -0.2) is 8.42 Å². The van der Waals surface area contributed by atoms with Crippen molar-refractivity contribution >= 4 is 16.0 Å². The van der Waals surface area contributed by atoms with Gasteiger partial charge in [0.2, 0.25) is 10.0 Å². The Kier molecular flexibility index (Phi) is 5.94. The molecule has 1 atom stereocenters. The van der Waals surface area contributed by atoms with E-state index in [0.717, 1.165) is 11.1 Å². The summed E-state index contributed by atoms with van der Waals surface area (Å²) in [6.45, 7) is 3.46. The molecule has 0 aliphatic carbocycles. The maximum atomic E-state index is 12.9. The van der Waals surface area contributed by atoms with Crippen LogP contribution in [0.15, 0.2) is 59.5 Å². The average Bonchev–Trinajstić information content (AvgIpc) is 2.91. The number of carbonyl (C=O) groups is 1. The molecule has 2 aromatic rings. The van der Waals surface area contributed by atoms with E-state index in [1.54, 1.807) is 30.3 Å². The second-order valence-corrected chi connectivity index (χ2v) is 8.64. The Morgan fingerprint density at radius 1 is 0.963 bits per heavy atom. The molecule has 0 amide bonds. The van der Waals surface area contributed by atoms with Crippen LogP contribution in [0.4, 0.5) is 0 Å². The molecule has 0 spiro atoms. The Morgan fingerprint density at radius 3 is 2.30 bits per heavy atom. The van der Waals surface area contributed by atoms with E-state index in [1.807, 2.05) is 36.1 Å². The number of aryl methyl sites for hydroxylation is 1.